The van der Waals surface area contributed by atoms with Crippen molar-refractivity contribution in [1.29, 1.82) is 0 Å². The van der Waals surface area contributed by atoms with Gasteiger partial charge >= 0.3 is 0 Å². The number of hydrogen-bond acceptors (Lipinski definition) is 5. The summed E-state index contributed by atoms with van der Waals surface area (Å²) in [7, 11) is 0. The molecule has 0 bridgehead atoms. The number of halogens is 1. The Kier molecular flexibility index (Phi) is 7.06. The van der Waals surface area contributed by atoms with E-state index in [1.54, 1.807) is 0 Å². The molecule has 0 N–H and O–H groups in total. The first-order valence-corrected chi connectivity index (χ1v) is 11.1. The minimum Gasteiger partial charge on any atom is -0.360 e. The van der Waals surface area contributed by atoms with Gasteiger partial charge in [-0.15, -0.1) is 0 Å². The quantitative estimate of drug-likeness (QED) is 0.550. The van der Waals surface area contributed by atoms with Gasteiger partial charge in [-0.25, -0.2) is 4.98 Å². The average Bonchev–Trinajstić information content (AvgIpc) is 2.93. The summed E-state index contributed by atoms with van der Waals surface area (Å²) < 4.78 is 7.81. The number of ether oxygens (including phenoxy) is 1. The predicted molar refractivity (Wildman–Crippen MR) is 121 cm³/mol. The summed E-state index contributed by atoms with van der Waals surface area (Å²) in [6.07, 6.45) is 2.86. The van der Waals surface area contributed by atoms with Crippen LogP contribution in [0, 0.1) is 12.3 Å². The summed E-state index contributed by atoms with van der Waals surface area (Å²) in [4.78, 5) is 26.0. The summed E-state index contributed by atoms with van der Waals surface area (Å²) >= 11 is 7.67. The molecule has 0 fully saturated rings. The highest BCUT2D eigenvalue weighted by atomic mass is 35.5. The van der Waals surface area contributed by atoms with Crippen LogP contribution in [0.5, 0.6) is 0 Å². The molecule has 1 amide bonds. The Bertz CT molecular complexity index is 1130. The fraction of sp³-hybridized carbons (Fsp3) is 0.455. The number of hydrogen-bond donors (Lipinski definition) is 0. The third-order valence-electron chi connectivity index (χ3n) is 4.44. The van der Waals surface area contributed by atoms with E-state index in [2.05, 4.69) is 30.7 Å². The molecule has 0 saturated heterocycles. The second-order valence-corrected chi connectivity index (χ2v) is 9.79. The Hall–Kier alpha value is -2.09. The van der Waals surface area contributed by atoms with Gasteiger partial charge in [0.15, 0.2) is 4.67 Å². The van der Waals surface area contributed by atoms with Crippen molar-refractivity contribution in [3.8, 4) is 0 Å². The Morgan fingerprint density at radius 1 is 1.30 bits per heavy atom. The lowest BCUT2D eigenvalue weighted by Crippen LogP contribution is -2.11. The number of amides is 1. The van der Waals surface area contributed by atoms with Crippen LogP contribution in [0.25, 0.3) is 11.0 Å². The fourth-order valence-electron chi connectivity index (χ4n) is 3.00. The van der Waals surface area contributed by atoms with Crippen LogP contribution in [0.2, 0.25) is 5.02 Å². The average molecular weight is 447 g/mol. The van der Waals surface area contributed by atoms with Crippen LogP contribution in [0.15, 0.2) is 29.4 Å². The van der Waals surface area contributed by atoms with E-state index >= 15 is 0 Å². The maximum atomic E-state index is 12.5. The Balaban J connectivity index is 1.78. The van der Waals surface area contributed by atoms with Crippen LogP contribution < -0.4 is 4.67 Å². The molecule has 6 nitrogen and oxygen atoms in total. The molecule has 0 atom stereocenters. The molecule has 2 heterocycles. The van der Waals surface area contributed by atoms with Gasteiger partial charge in [0, 0.05) is 18.5 Å². The third kappa shape index (κ3) is 5.74. The first-order chi connectivity index (χ1) is 14.2. The van der Waals surface area contributed by atoms with Gasteiger partial charge in [-0.1, -0.05) is 38.4 Å². The first kappa shape index (κ1) is 22.6. The highest BCUT2D eigenvalue weighted by molar-refractivity contribution is 7.04. The maximum absolute atomic E-state index is 12.5. The van der Waals surface area contributed by atoms with Gasteiger partial charge in [0.05, 0.1) is 28.2 Å². The van der Waals surface area contributed by atoms with Crippen molar-refractivity contribution >= 4 is 40.1 Å². The highest BCUT2D eigenvalue weighted by Crippen LogP contribution is 2.21. The van der Waals surface area contributed by atoms with Crippen molar-refractivity contribution in [2.75, 3.05) is 6.61 Å². The van der Waals surface area contributed by atoms with Crippen molar-refractivity contribution in [2.24, 2.45) is 10.4 Å². The van der Waals surface area contributed by atoms with Crippen molar-refractivity contribution in [3.63, 3.8) is 0 Å². The molecular weight excluding hydrogens is 420 g/mol. The summed E-state index contributed by atoms with van der Waals surface area (Å²) in [5, 5.41) is 0.490. The minimum atomic E-state index is -0.252. The second-order valence-electron chi connectivity index (χ2n) is 8.40. The topological polar surface area (TPSA) is 69.4 Å². The second kappa shape index (κ2) is 9.37. The SMILES string of the molecule is CCOCn1s/c(=N\C(=O)Cc2ccc3nc(CC(C)(C)C)cnc3c2)c(Cl)c1C. The molecule has 2 aromatic heterocycles. The lowest BCUT2D eigenvalue weighted by Gasteiger charge is -2.17. The van der Waals surface area contributed by atoms with E-state index in [4.69, 9.17) is 21.3 Å². The Labute approximate surface area is 185 Å². The largest absolute Gasteiger partial charge is 0.360 e. The van der Waals surface area contributed by atoms with E-state index < -0.39 is 0 Å². The molecule has 8 heteroatoms. The van der Waals surface area contributed by atoms with Crippen molar-refractivity contribution < 1.29 is 9.53 Å². The zero-order valence-electron chi connectivity index (χ0n) is 18.0. The monoisotopic (exact) mass is 446 g/mol. The highest BCUT2D eigenvalue weighted by Gasteiger charge is 2.14. The fourth-order valence-corrected chi connectivity index (χ4v) is 4.24. The molecule has 0 aliphatic rings. The smallest absolute Gasteiger partial charge is 0.251 e. The van der Waals surface area contributed by atoms with E-state index in [1.165, 1.54) is 11.5 Å². The number of aromatic nitrogens is 3. The van der Waals surface area contributed by atoms with E-state index in [1.807, 2.05) is 42.2 Å². The minimum absolute atomic E-state index is 0.151. The lowest BCUT2D eigenvalue weighted by molar-refractivity contribution is -0.117. The van der Waals surface area contributed by atoms with E-state index in [-0.39, 0.29) is 17.7 Å². The molecule has 0 aliphatic heterocycles. The molecule has 0 aliphatic carbocycles. The standard InChI is InChI=1S/C22H27ClN4O2S/c1-6-29-13-27-14(2)20(23)21(30-27)26-19(28)10-15-7-8-17-18(9-15)24-12-16(25-17)11-22(3,4)5/h7-9,12H,6,10-11,13H2,1-5H3/b26-21-. The normalized spacial score (nSPS) is 12.7. The molecule has 160 valence electrons. The van der Waals surface area contributed by atoms with Gasteiger partial charge in [0.2, 0.25) is 0 Å². The third-order valence-corrected chi connectivity index (χ3v) is 6.07. The van der Waals surface area contributed by atoms with E-state index in [9.17, 15) is 4.79 Å². The molecular formula is C22H27ClN4O2S. The van der Waals surface area contributed by atoms with Gasteiger partial charge in [-0.05, 0) is 54.9 Å². The van der Waals surface area contributed by atoms with Crippen molar-refractivity contribution in [2.45, 2.75) is 54.2 Å². The van der Waals surface area contributed by atoms with Gasteiger partial charge in [0.25, 0.3) is 5.91 Å². The molecule has 0 radical (unpaired) electrons. The van der Waals surface area contributed by atoms with Crippen LogP contribution in [-0.2, 0) is 29.1 Å². The number of fused-ring (bicyclic) bond motifs is 1. The molecule has 1 aromatic carbocycles. The molecule has 30 heavy (non-hydrogen) atoms. The maximum Gasteiger partial charge on any atom is 0.251 e. The Morgan fingerprint density at radius 2 is 2.07 bits per heavy atom. The molecule has 0 unspecified atom stereocenters. The van der Waals surface area contributed by atoms with Crippen LogP contribution >= 0.6 is 23.1 Å². The van der Waals surface area contributed by atoms with Crippen LogP contribution in [0.1, 0.15) is 44.6 Å². The van der Waals surface area contributed by atoms with Gasteiger partial charge < -0.3 is 4.74 Å². The first-order valence-electron chi connectivity index (χ1n) is 9.92. The summed E-state index contributed by atoms with van der Waals surface area (Å²) in [5.74, 6) is -0.252. The summed E-state index contributed by atoms with van der Waals surface area (Å²) in [5.41, 5.74) is 4.42. The summed E-state index contributed by atoms with van der Waals surface area (Å²) in [6.45, 7) is 11.4. The van der Waals surface area contributed by atoms with Crippen LogP contribution in [-0.4, -0.2) is 26.4 Å². The number of carbonyl (C=O) groups excluding carboxylic acids is 1. The van der Waals surface area contributed by atoms with Crippen molar-refractivity contribution in [1.82, 2.24) is 13.9 Å². The van der Waals surface area contributed by atoms with E-state index in [0.717, 1.165) is 34.4 Å². The van der Waals surface area contributed by atoms with Crippen LogP contribution in [0.3, 0.4) is 0 Å². The Morgan fingerprint density at radius 3 is 2.77 bits per heavy atom. The van der Waals surface area contributed by atoms with Gasteiger partial charge in [0.1, 0.15) is 6.73 Å². The zero-order valence-corrected chi connectivity index (χ0v) is 19.6. The van der Waals surface area contributed by atoms with Gasteiger partial charge in [-0.2, -0.15) is 4.99 Å². The number of nitrogens with zero attached hydrogens (tertiary/aromatic N) is 4. The number of benzene rings is 1. The van der Waals surface area contributed by atoms with Crippen molar-refractivity contribution in [3.05, 3.63) is 51.0 Å². The predicted octanol–water partition coefficient (Wildman–Crippen LogP) is 4.71. The lowest BCUT2D eigenvalue weighted by atomic mass is 9.91. The molecule has 3 rings (SSSR count). The van der Waals surface area contributed by atoms with Gasteiger partial charge in [-0.3, -0.25) is 13.7 Å². The molecule has 0 spiro atoms. The molecule has 0 saturated carbocycles. The van der Waals surface area contributed by atoms with Crippen LogP contribution in [0.4, 0.5) is 0 Å². The number of rotatable bonds is 6. The molecule has 3 aromatic rings. The summed E-state index contributed by atoms with van der Waals surface area (Å²) in [6, 6.07) is 5.71. The van der Waals surface area contributed by atoms with E-state index in [0.29, 0.717) is 23.0 Å². The number of carbonyl (C=O) groups is 1. The zero-order chi connectivity index (χ0) is 21.9.